The van der Waals surface area contributed by atoms with Crippen LogP contribution in [0, 0.1) is 0 Å². The van der Waals surface area contributed by atoms with E-state index in [2.05, 4.69) is 0 Å². The molecule has 0 radical (unpaired) electrons. The van der Waals surface area contributed by atoms with Gasteiger partial charge in [-0.15, -0.1) is 11.8 Å². The van der Waals surface area contributed by atoms with Gasteiger partial charge in [0.2, 0.25) is 0 Å². The smallest absolute Gasteiger partial charge is 0.283 e. The second kappa shape index (κ2) is 3.23. The van der Waals surface area contributed by atoms with Crippen LogP contribution in [0.1, 0.15) is 6.92 Å². The van der Waals surface area contributed by atoms with Crippen LogP contribution in [0.2, 0.25) is 0 Å². The van der Waals surface area contributed by atoms with Crippen LogP contribution in [0.4, 0.5) is 13.2 Å². The van der Waals surface area contributed by atoms with Gasteiger partial charge in [0, 0.05) is 12.3 Å². The van der Waals surface area contributed by atoms with E-state index in [0.717, 1.165) is 11.8 Å². The molecule has 1 heterocycles. The molecule has 5 heteroatoms. The predicted octanol–water partition coefficient (Wildman–Crippen LogP) is 1.94. The summed E-state index contributed by atoms with van der Waals surface area (Å²) in [5, 5.41) is -1.26. The van der Waals surface area contributed by atoms with E-state index in [1.165, 1.54) is 4.90 Å². The van der Waals surface area contributed by atoms with Crippen molar-refractivity contribution in [2.75, 3.05) is 18.8 Å². The number of rotatable bonds is 1. The lowest BCUT2D eigenvalue weighted by atomic mass is 10.5. The summed E-state index contributed by atoms with van der Waals surface area (Å²) in [5.41, 5.74) is 0. The van der Waals surface area contributed by atoms with Crippen molar-refractivity contribution in [3.8, 4) is 0 Å². The van der Waals surface area contributed by atoms with Crippen molar-refractivity contribution in [3.63, 3.8) is 0 Å². The largest absolute Gasteiger partial charge is 0.413 e. The molecule has 1 atom stereocenters. The number of alkyl halides is 3. The number of halogens is 3. The van der Waals surface area contributed by atoms with Gasteiger partial charge < -0.3 is 0 Å². The molecule has 0 aromatic rings. The van der Waals surface area contributed by atoms with Crippen LogP contribution >= 0.6 is 11.8 Å². The third kappa shape index (κ3) is 2.02. The van der Waals surface area contributed by atoms with E-state index < -0.39 is 11.6 Å². The average Bonchev–Trinajstić information content (AvgIpc) is 2.31. The van der Waals surface area contributed by atoms with Crippen molar-refractivity contribution in [2.45, 2.75) is 18.5 Å². The summed E-state index contributed by atoms with van der Waals surface area (Å²) in [5.74, 6) is 0.595. The molecule has 0 amide bonds. The molecule has 0 aromatic heterocycles. The third-order valence-electron chi connectivity index (χ3n) is 1.67. The van der Waals surface area contributed by atoms with E-state index in [0.29, 0.717) is 18.8 Å². The Bertz CT molecular complexity index is 136. The molecule has 0 bridgehead atoms. The van der Waals surface area contributed by atoms with Crippen LogP contribution in [0.5, 0.6) is 0 Å². The minimum absolute atomic E-state index is 0.483. The quantitative estimate of drug-likeness (QED) is 0.614. The van der Waals surface area contributed by atoms with Gasteiger partial charge in [0.1, 0.15) is 0 Å². The molecule has 0 saturated carbocycles. The third-order valence-corrected chi connectivity index (χ3v) is 2.97. The Morgan fingerprint density at radius 3 is 2.55 bits per heavy atom. The second-order valence-corrected chi connectivity index (χ2v) is 3.58. The molecule has 1 aliphatic rings. The standard InChI is InChI=1S/C6H10F3NS/c1-2-10-3-4-11-5(10)6(7,8)9/h5H,2-4H2,1H3. The lowest BCUT2D eigenvalue weighted by Gasteiger charge is -2.23. The van der Waals surface area contributed by atoms with Gasteiger partial charge >= 0.3 is 6.18 Å². The maximum Gasteiger partial charge on any atom is 0.413 e. The SMILES string of the molecule is CCN1CCSC1C(F)(F)F. The Labute approximate surface area is 67.9 Å². The fourth-order valence-corrected chi connectivity index (χ4v) is 2.35. The first-order valence-electron chi connectivity index (χ1n) is 3.48. The van der Waals surface area contributed by atoms with Gasteiger partial charge in [-0.25, -0.2) is 0 Å². The minimum atomic E-state index is -4.06. The zero-order valence-corrected chi connectivity index (χ0v) is 7.00. The Morgan fingerprint density at radius 1 is 1.55 bits per heavy atom. The maximum absolute atomic E-state index is 12.1. The predicted molar refractivity (Wildman–Crippen MR) is 39.5 cm³/mol. The van der Waals surface area contributed by atoms with Crippen molar-refractivity contribution in [2.24, 2.45) is 0 Å². The highest BCUT2D eigenvalue weighted by atomic mass is 32.2. The van der Waals surface area contributed by atoms with Crippen molar-refractivity contribution < 1.29 is 13.2 Å². The monoisotopic (exact) mass is 185 g/mol. The number of hydrogen-bond acceptors (Lipinski definition) is 2. The maximum atomic E-state index is 12.1. The van der Waals surface area contributed by atoms with Crippen LogP contribution in [0.25, 0.3) is 0 Å². The summed E-state index contributed by atoms with van der Waals surface area (Å²) in [6.45, 7) is 2.80. The lowest BCUT2D eigenvalue weighted by Crippen LogP contribution is -2.39. The first kappa shape index (κ1) is 9.19. The molecule has 0 aliphatic carbocycles. The molecular formula is C6H10F3NS. The molecule has 1 aliphatic heterocycles. The highest BCUT2D eigenvalue weighted by Gasteiger charge is 2.45. The van der Waals surface area contributed by atoms with Crippen LogP contribution in [0.15, 0.2) is 0 Å². The Balaban J connectivity index is 2.57. The Morgan fingerprint density at radius 2 is 2.18 bits per heavy atom. The topological polar surface area (TPSA) is 3.24 Å². The molecular weight excluding hydrogens is 175 g/mol. The molecule has 11 heavy (non-hydrogen) atoms. The van der Waals surface area contributed by atoms with Gasteiger partial charge in [0.25, 0.3) is 0 Å². The van der Waals surface area contributed by atoms with Gasteiger partial charge in [0.05, 0.1) is 0 Å². The first-order chi connectivity index (χ1) is 5.05. The summed E-state index contributed by atoms with van der Waals surface area (Å²) in [4.78, 5) is 1.45. The molecule has 1 fully saturated rings. The van der Waals surface area contributed by atoms with Crippen LogP contribution in [-0.4, -0.2) is 35.3 Å². The molecule has 0 aromatic carbocycles. The van der Waals surface area contributed by atoms with E-state index >= 15 is 0 Å². The molecule has 66 valence electrons. The molecule has 1 rings (SSSR count). The summed E-state index contributed by atoms with van der Waals surface area (Å²) in [7, 11) is 0. The summed E-state index contributed by atoms with van der Waals surface area (Å²) in [6, 6.07) is 0. The van der Waals surface area contributed by atoms with E-state index in [1.807, 2.05) is 0 Å². The van der Waals surface area contributed by atoms with Crippen molar-refractivity contribution in [1.29, 1.82) is 0 Å². The summed E-state index contributed by atoms with van der Waals surface area (Å²) >= 11 is 0.983. The first-order valence-corrected chi connectivity index (χ1v) is 4.53. The second-order valence-electron chi connectivity index (χ2n) is 2.39. The lowest BCUT2D eigenvalue weighted by molar-refractivity contribution is -0.154. The average molecular weight is 185 g/mol. The van der Waals surface area contributed by atoms with Gasteiger partial charge in [-0.3, -0.25) is 4.90 Å². The van der Waals surface area contributed by atoms with E-state index in [1.54, 1.807) is 6.92 Å². The van der Waals surface area contributed by atoms with Crippen LogP contribution in [-0.2, 0) is 0 Å². The van der Waals surface area contributed by atoms with Crippen molar-refractivity contribution in [1.82, 2.24) is 4.90 Å². The Kier molecular flexibility index (Phi) is 2.70. The summed E-state index contributed by atoms with van der Waals surface area (Å²) in [6.07, 6.45) is -4.06. The van der Waals surface area contributed by atoms with Crippen LogP contribution < -0.4 is 0 Å². The fourth-order valence-electron chi connectivity index (χ4n) is 1.13. The van der Waals surface area contributed by atoms with E-state index in [-0.39, 0.29) is 0 Å². The van der Waals surface area contributed by atoms with E-state index in [9.17, 15) is 13.2 Å². The zero-order chi connectivity index (χ0) is 8.48. The molecule has 1 nitrogen and oxygen atoms in total. The zero-order valence-electron chi connectivity index (χ0n) is 6.19. The van der Waals surface area contributed by atoms with Crippen molar-refractivity contribution >= 4 is 11.8 Å². The highest BCUT2D eigenvalue weighted by Crippen LogP contribution is 2.36. The normalized spacial score (nSPS) is 27.8. The number of nitrogens with zero attached hydrogens (tertiary/aromatic N) is 1. The van der Waals surface area contributed by atoms with Gasteiger partial charge in [-0.05, 0) is 6.54 Å². The van der Waals surface area contributed by atoms with Gasteiger partial charge in [-0.2, -0.15) is 13.2 Å². The molecule has 1 saturated heterocycles. The minimum Gasteiger partial charge on any atom is -0.283 e. The number of hydrogen-bond donors (Lipinski definition) is 0. The van der Waals surface area contributed by atoms with Gasteiger partial charge in [0.15, 0.2) is 5.37 Å². The number of thioether (sulfide) groups is 1. The Hall–Kier alpha value is 0.100. The fraction of sp³-hybridized carbons (Fsp3) is 1.00. The summed E-state index contributed by atoms with van der Waals surface area (Å²) < 4.78 is 36.4. The van der Waals surface area contributed by atoms with Gasteiger partial charge in [-0.1, -0.05) is 6.92 Å². The van der Waals surface area contributed by atoms with Crippen LogP contribution in [0.3, 0.4) is 0 Å². The van der Waals surface area contributed by atoms with Crippen molar-refractivity contribution in [3.05, 3.63) is 0 Å². The molecule has 0 N–H and O–H groups in total. The molecule has 0 spiro atoms. The molecule has 1 unspecified atom stereocenters. The van der Waals surface area contributed by atoms with E-state index in [4.69, 9.17) is 0 Å². The highest BCUT2D eigenvalue weighted by molar-refractivity contribution is 8.00.